The molecule has 40 heavy (non-hydrogen) atoms. The lowest BCUT2D eigenvalue weighted by atomic mass is 9.84. The molecule has 1 atom stereocenters. The summed E-state index contributed by atoms with van der Waals surface area (Å²) in [5.74, 6) is -2.49. The second-order valence-corrected chi connectivity index (χ2v) is 11.3. The molecule has 2 aromatic heterocycles. The average molecular weight is 558 g/mol. The van der Waals surface area contributed by atoms with E-state index in [-0.39, 0.29) is 27.4 Å². The maximum atomic E-state index is 13.5. The van der Waals surface area contributed by atoms with Crippen molar-refractivity contribution in [2.75, 3.05) is 11.5 Å². The van der Waals surface area contributed by atoms with Crippen LogP contribution < -0.4 is 9.64 Å². The minimum absolute atomic E-state index is 0.0798. The van der Waals surface area contributed by atoms with Crippen LogP contribution in [0.3, 0.4) is 0 Å². The quantitative estimate of drug-likeness (QED) is 0.175. The number of carbonyl (C=O) groups is 3. The molecule has 5 rings (SSSR count). The van der Waals surface area contributed by atoms with Gasteiger partial charge in [0.15, 0.2) is 5.13 Å². The first-order valence-corrected chi connectivity index (χ1v) is 13.5. The van der Waals surface area contributed by atoms with Crippen LogP contribution in [0.15, 0.2) is 66.4 Å². The third-order valence-corrected chi connectivity index (χ3v) is 7.62. The van der Waals surface area contributed by atoms with Crippen LogP contribution in [0.5, 0.6) is 5.75 Å². The van der Waals surface area contributed by atoms with Crippen molar-refractivity contribution in [3.8, 4) is 5.75 Å². The Labute approximate surface area is 234 Å². The summed E-state index contributed by atoms with van der Waals surface area (Å²) in [6.45, 7) is 8.41. The summed E-state index contributed by atoms with van der Waals surface area (Å²) in [6, 6.07) is 13.7. The first kappa shape index (κ1) is 27.0. The number of fused-ring (bicyclic) bond motifs is 1. The lowest BCUT2D eigenvalue weighted by Crippen LogP contribution is -2.29. The van der Waals surface area contributed by atoms with E-state index < -0.39 is 23.7 Å². The topological polar surface area (TPSA) is 130 Å². The standard InChI is InChI=1S/C30H27N3O6S/c1-5-39-21-12-10-16(14-18(21)30(2,3)4)25(34)23-24(20-8-6-7-13-31-20)33(27(36)26(23)35)29-32-19-11-9-17(28(37)38)15-22(19)40-29/h6-15,24,34H,5H2,1-4H3,(H,37,38)/b25-23+. The molecule has 1 fully saturated rings. The molecular formula is C30H27N3O6S. The van der Waals surface area contributed by atoms with E-state index in [1.54, 1.807) is 48.7 Å². The summed E-state index contributed by atoms with van der Waals surface area (Å²) in [6.07, 6.45) is 1.54. The third kappa shape index (κ3) is 4.71. The number of aromatic carboxylic acids is 1. The summed E-state index contributed by atoms with van der Waals surface area (Å²) in [7, 11) is 0. The molecule has 4 aromatic rings. The fraction of sp³-hybridized carbons (Fsp3) is 0.233. The molecule has 1 unspecified atom stereocenters. The molecule has 0 spiro atoms. The van der Waals surface area contributed by atoms with Crippen LogP contribution >= 0.6 is 11.3 Å². The second kappa shape index (κ2) is 10.2. The van der Waals surface area contributed by atoms with E-state index in [1.807, 2.05) is 27.7 Å². The Morgan fingerprint density at radius 1 is 1.05 bits per heavy atom. The Balaban J connectivity index is 1.70. The van der Waals surface area contributed by atoms with Gasteiger partial charge in [-0.2, -0.15) is 0 Å². The average Bonchev–Trinajstić information content (AvgIpc) is 3.46. The highest BCUT2D eigenvalue weighted by atomic mass is 32.1. The van der Waals surface area contributed by atoms with Crippen LogP contribution in [-0.2, 0) is 15.0 Å². The second-order valence-electron chi connectivity index (χ2n) is 10.3. The number of aromatic nitrogens is 2. The number of rotatable bonds is 6. The zero-order valence-electron chi connectivity index (χ0n) is 22.3. The molecule has 3 heterocycles. The number of hydrogen-bond acceptors (Lipinski definition) is 8. The van der Waals surface area contributed by atoms with E-state index in [0.29, 0.717) is 33.8 Å². The van der Waals surface area contributed by atoms with Crippen molar-refractivity contribution in [3.05, 3.63) is 88.8 Å². The van der Waals surface area contributed by atoms with Gasteiger partial charge in [-0.1, -0.05) is 38.2 Å². The molecule has 9 nitrogen and oxygen atoms in total. The predicted octanol–water partition coefficient (Wildman–Crippen LogP) is 5.71. The minimum Gasteiger partial charge on any atom is -0.507 e. The number of amides is 1. The predicted molar refractivity (Wildman–Crippen MR) is 152 cm³/mol. The molecule has 0 radical (unpaired) electrons. The fourth-order valence-electron chi connectivity index (χ4n) is 4.70. The number of aliphatic hydroxyl groups is 1. The van der Waals surface area contributed by atoms with Crippen LogP contribution in [0.1, 0.15) is 60.9 Å². The first-order chi connectivity index (χ1) is 19.0. The van der Waals surface area contributed by atoms with Crippen LogP contribution in [-0.4, -0.2) is 44.4 Å². The zero-order chi connectivity index (χ0) is 28.8. The number of nitrogens with zero attached hydrogens (tertiary/aromatic N) is 3. The maximum Gasteiger partial charge on any atom is 0.335 e. The number of benzene rings is 2. The SMILES string of the molecule is CCOc1ccc(/C(O)=C2\C(=O)C(=O)N(c3nc4ccc(C(=O)O)cc4s3)C2c2ccccn2)cc1C(C)(C)C. The Morgan fingerprint density at radius 3 is 2.45 bits per heavy atom. The van der Waals surface area contributed by atoms with E-state index in [9.17, 15) is 24.6 Å². The highest BCUT2D eigenvalue weighted by Gasteiger charge is 2.49. The van der Waals surface area contributed by atoms with E-state index in [4.69, 9.17) is 4.74 Å². The van der Waals surface area contributed by atoms with Gasteiger partial charge in [-0.25, -0.2) is 9.78 Å². The van der Waals surface area contributed by atoms with Gasteiger partial charge in [-0.15, -0.1) is 0 Å². The van der Waals surface area contributed by atoms with Gasteiger partial charge in [0.2, 0.25) is 0 Å². The largest absolute Gasteiger partial charge is 0.507 e. The van der Waals surface area contributed by atoms with Gasteiger partial charge in [0.25, 0.3) is 5.78 Å². The first-order valence-electron chi connectivity index (χ1n) is 12.6. The normalized spacial score (nSPS) is 17.0. The Hall–Kier alpha value is -4.57. The molecular weight excluding hydrogens is 530 g/mol. The van der Waals surface area contributed by atoms with Crippen LogP contribution in [0.25, 0.3) is 16.0 Å². The van der Waals surface area contributed by atoms with E-state index in [1.165, 1.54) is 17.0 Å². The van der Waals surface area contributed by atoms with E-state index in [0.717, 1.165) is 16.9 Å². The highest BCUT2D eigenvalue weighted by molar-refractivity contribution is 7.22. The Kier molecular flexibility index (Phi) is 6.89. The number of pyridine rings is 1. The summed E-state index contributed by atoms with van der Waals surface area (Å²) in [4.78, 5) is 48.7. The minimum atomic E-state index is -1.09. The van der Waals surface area contributed by atoms with Gasteiger partial charge in [0, 0.05) is 17.3 Å². The van der Waals surface area contributed by atoms with E-state index >= 15 is 0 Å². The zero-order valence-corrected chi connectivity index (χ0v) is 23.2. The molecule has 2 aromatic carbocycles. The summed E-state index contributed by atoms with van der Waals surface area (Å²) in [5, 5.41) is 21.1. The lowest BCUT2D eigenvalue weighted by Gasteiger charge is -2.24. The summed E-state index contributed by atoms with van der Waals surface area (Å²) < 4.78 is 6.34. The number of Topliss-reactive ketones (excluding diaryl/α,β-unsaturated/α-hetero) is 1. The molecule has 0 aliphatic carbocycles. The van der Waals surface area contributed by atoms with Crippen LogP contribution in [0.4, 0.5) is 5.13 Å². The number of hydrogen-bond donors (Lipinski definition) is 2. The summed E-state index contributed by atoms with van der Waals surface area (Å²) >= 11 is 1.08. The monoisotopic (exact) mass is 557 g/mol. The van der Waals surface area contributed by atoms with Gasteiger partial charge in [0.1, 0.15) is 17.6 Å². The number of aliphatic hydroxyl groups excluding tert-OH is 1. The van der Waals surface area contributed by atoms with Crippen molar-refractivity contribution >= 4 is 50.1 Å². The van der Waals surface area contributed by atoms with E-state index in [2.05, 4.69) is 9.97 Å². The van der Waals surface area contributed by atoms with Gasteiger partial charge < -0.3 is 14.9 Å². The number of thiazole rings is 1. The van der Waals surface area contributed by atoms with Crippen molar-refractivity contribution in [1.29, 1.82) is 0 Å². The number of anilines is 1. The molecule has 0 saturated carbocycles. The van der Waals surface area contributed by atoms with Crippen molar-refractivity contribution in [3.63, 3.8) is 0 Å². The van der Waals surface area contributed by atoms with Gasteiger partial charge in [-0.3, -0.25) is 19.5 Å². The van der Waals surface area contributed by atoms with Crippen molar-refractivity contribution in [2.45, 2.75) is 39.2 Å². The fourth-order valence-corrected chi connectivity index (χ4v) is 5.73. The molecule has 204 valence electrons. The molecule has 2 N–H and O–H groups in total. The van der Waals surface area contributed by atoms with Crippen molar-refractivity contribution in [1.82, 2.24) is 9.97 Å². The smallest absolute Gasteiger partial charge is 0.335 e. The maximum absolute atomic E-state index is 13.5. The van der Waals surface area contributed by atoms with Gasteiger partial charge in [0.05, 0.1) is 33.7 Å². The molecule has 1 aliphatic heterocycles. The van der Waals surface area contributed by atoms with Crippen molar-refractivity contribution in [2.24, 2.45) is 0 Å². The number of carboxylic acids is 1. The molecule has 0 bridgehead atoms. The molecule has 1 aliphatic rings. The van der Waals surface area contributed by atoms with Crippen molar-refractivity contribution < 1.29 is 29.3 Å². The summed E-state index contributed by atoms with van der Waals surface area (Å²) in [5.41, 5.74) is 1.69. The number of ketones is 1. The highest BCUT2D eigenvalue weighted by Crippen LogP contribution is 2.44. The van der Waals surface area contributed by atoms with Gasteiger partial charge in [-0.05, 0) is 60.9 Å². The number of carboxylic acid groups (broad SMARTS) is 1. The van der Waals surface area contributed by atoms with Crippen LogP contribution in [0.2, 0.25) is 0 Å². The van der Waals surface area contributed by atoms with Crippen LogP contribution in [0, 0.1) is 0 Å². The Bertz CT molecular complexity index is 1690. The number of ether oxygens (including phenoxy) is 1. The molecule has 10 heteroatoms. The molecule has 1 saturated heterocycles. The Morgan fingerprint density at radius 2 is 1.80 bits per heavy atom. The van der Waals surface area contributed by atoms with Gasteiger partial charge >= 0.3 is 11.9 Å². The number of carbonyl (C=O) groups excluding carboxylic acids is 2. The third-order valence-electron chi connectivity index (χ3n) is 6.60. The lowest BCUT2D eigenvalue weighted by molar-refractivity contribution is -0.132. The molecule has 1 amide bonds.